The van der Waals surface area contributed by atoms with Gasteiger partial charge in [-0.05, 0) is 12.1 Å². The monoisotopic (exact) mass is 189 g/mol. The first kappa shape index (κ1) is 9.13. The van der Waals surface area contributed by atoms with Gasteiger partial charge < -0.3 is 10.1 Å². The molecule has 1 aromatic carbocycles. The summed E-state index contributed by atoms with van der Waals surface area (Å²) in [6.45, 7) is 6.44. The number of para-hydroxylation sites is 1. The van der Waals surface area contributed by atoms with Crippen LogP contribution in [-0.4, -0.2) is 10.1 Å². The van der Waals surface area contributed by atoms with Gasteiger partial charge in [-0.3, -0.25) is 0 Å². The van der Waals surface area contributed by atoms with Gasteiger partial charge in [-0.1, -0.05) is 32.9 Å². The van der Waals surface area contributed by atoms with Crippen LogP contribution in [-0.2, 0) is 5.41 Å². The summed E-state index contributed by atoms with van der Waals surface area (Å²) in [4.78, 5) is 3.25. The number of nitrogens with one attached hydrogen (secondary N) is 1. The van der Waals surface area contributed by atoms with Crippen molar-refractivity contribution >= 4 is 10.9 Å². The predicted octanol–water partition coefficient (Wildman–Crippen LogP) is 3.17. The van der Waals surface area contributed by atoms with Crippen LogP contribution in [0.5, 0.6) is 5.75 Å². The zero-order valence-electron chi connectivity index (χ0n) is 8.76. The van der Waals surface area contributed by atoms with E-state index >= 15 is 0 Å². The van der Waals surface area contributed by atoms with Crippen LogP contribution in [0.3, 0.4) is 0 Å². The highest BCUT2D eigenvalue weighted by Gasteiger charge is 2.16. The first-order valence-electron chi connectivity index (χ1n) is 4.79. The van der Waals surface area contributed by atoms with Crippen LogP contribution in [0, 0.1) is 0 Å². The van der Waals surface area contributed by atoms with Crippen molar-refractivity contribution in [2.24, 2.45) is 0 Å². The fourth-order valence-electron chi connectivity index (χ4n) is 1.54. The maximum absolute atomic E-state index is 9.62. The Labute approximate surface area is 83.6 Å². The Kier molecular flexibility index (Phi) is 1.81. The highest BCUT2D eigenvalue weighted by Crippen LogP contribution is 2.29. The molecule has 2 nitrogen and oxygen atoms in total. The van der Waals surface area contributed by atoms with Gasteiger partial charge in [-0.15, -0.1) is 0 Å². The normalized spacial score (nSPS) is 12.2. The molecule has 0 aliphatic carbocycles. The second kappa shape index (κ2) is 2.77. The number of aromatic nitrogens is 1. The molecule has 14 heavy (non-hydrogen) atoms. The molecule has 0 aliphatic heterocycles. The van der Waals surface area contributed by atoms with Crippen molar-refractivity contribution in [2.45, 2.75) is 26.2 Å². The Morgan fingerprint density at radius 3 is 2.50 bits per heavy atom. The number of phenolic OH excluding ortho intramolecular Hbond substituents is 1. The van der Waals surface area contributed by atoms with Crippen molar-refractivity contribution in [1.82, 2.24) is 4.98 Å². The van der Waals surface area contributed by atoms with Crippen molar-refractivity contribution in [3.8, 4) is 5.75 Å². The summed E-state index contributed by atoms with van der Waals surface area (Å²) in [5.74, 6) is 0.318. The van der Waals surface area contributed by atoms with Gasteiger partial charge in [0, 0.05) is 16.5 Å². The standard InChI is InChI=1S/C12H15NO/c1-12(2,3)10-7-8-5-4-6-9(14)11(8)13-10/h4-7,13-14H,1-3H3. The number of hydrogen-bond donors (Lipinski definition) is 2. The first-order chi connectivity index (χ1) is 6.48. The first-order valence-corrected chi connectivity index (χ1v) is 4.79. The van der Waals surface area contributed by atoms with Gasteiger partial charge in [0.15, 0.2) is 0 Å². The lowest BCUT2D eigenvalue weighted by Gasteiger charge is -2.15. The molecule has 0 saturated heterocycles. The minimum Gasteiger partial charge on any atom is -0.506 e. The number of aromatic hydroxyl groups is 1. The summed E-state index contributed by atoms with van der Waals surface area (Å²) in [5, 5.41) is 10.7. The van der Waals surface area contributed by atoms with E-state index in [-0.39, 0.29) is 5.41 Å². The predicted molar refractivity (Wildman–Crippen MR) is 58.7 cm³/mol. The molecule has 0 radical (unpaired) electrons. The summed E-state index contributed by atoms with van der Waals surface area (Å²) < 4.78 is 0. The number of hydrogen-bond acceptors (Lipinski definition) is 1. The van der Waals surface area contributed by atoms with E-state index < -0.39 is 0 Å². The third-order valence-corrected chi connectivity index (χ3v) is 2.44. The molecule has 74 valence electrons. The van der Waals surface area contributed by atoms with E-state index in [1.165, 1.54) is 0 Å². The van der Waals surface area contributed by atoms with Gasteiger partial charge in [0.1, 0.15) is 5.75 Å². The minimum absolute atomic E-state index is 0.0887. The Balaban J connectivity index is 2.69. The summed E-state index contributed by atoms with van der Waals surface area (Å²) in [6.07, 6.45) is 0. The highest BCUT2D eigenvalue weighted by atomic mass is 16.3. The quantitative estimate of drug-likeness (QED) is 0.656. The number of aromatic amines is 1. The molecule has 0 unspecified atom stereocenters. The van der Waals surface area contributed by atoms with Crippen molar-refractivity contribution in [3.05, 3.63) is 30.0 Å². The Morgan fingerprint density at radius 1 is 1.21 bits per heavy atom. The van der Waals surface area contributed by atoms with Crippen LogP contribution in [0.25, 0.3) is 10.9 Å². The smallest absolute Gasteiger partial charge is 0.139 e. The molecule has 2 heteroatoms. The van der Waals surface area contributed by atoms with E-state index in [0.29, 0.717) is 5.75 Å². The second-order valence-corrected chi connectivity index (χ2v) is 4.67. The van der Waals surface area contributed by atoms with Crippen LogP contribution in [0.2, 0.25) is 0 Å². The van der Waals surface area contributed by atoms with Crippen LogP contribution >= 0.6 is 0 Å². The van der Waals surface area contributed by atoms with Crippen molar-refractivity contribution in [3.63, 3.8) is 0 Å². The average molecular weight is 189 g/mol. The fraction of sp³-hybridized carbons (Fsp3) is 0.333. The largest absolute Gasteiger partial charge is 0.506 e. The van der Waals surface area contributed by atoms with Gasteiger partial charge >= 0.3 is 0 Å². The molecular formula is C12H15NO. The van der Waals surface area contributed by atoms with Crippen LogP contribution in [0.15, 0.2) is 24.3 Å². The van der Waals surface area contributed by atoms with E-state index in [9.17, 15) is 5.11 Å². The van der Waals surface area contributed by atoms with E-state index in [2.05, 4.69) is 31.8 Å². The molecular weight excluding hydrogens is 174 g/mol. The summed E-state index contributed by atoms with van der Waals surface area (Å²) in [6, 6.07) is 7.65. The molecule has 0 amide bonds. The third-order valence-electron chi connectivity index (χ3n) is 2.44. The number of benzene rings is 1. The molecule has 0 fully saturated rings. The molecule has 2 N–H and O–H groups in total. The number of rotatable bonds is 0. The summed E-state index contributed by atoms with van der Waals surface area (Å²) >= 11 is 0. The van der Waals surface area contributed by atoms with Crippen molar-refractivity contribution in [2.75, 3.05) is 0 Å². The van der Waals surface area contributed by atoms with Gasteiger partial charge in [-0.25, -0.2) is 0 Å². The average Bonchev–Trinajstić information content (AvgIpc) is 2.48. The van der Waals surface area contributed by atoms with Crippen LogP contribution in [0.4, 0.5) is 0 Å². The maximum atomic E-state index is 9.62. The zero-order chi connectivity index (χ0) is 10.3. The molecule has 2 aromatic rings. The van der Waals surface area contributed by atoms with E-state index in [1.807, 2.05) is 12.1 Å². The molecule has 0 saturated carbocycles. The van der Waals surface area contributed by atoms with Gasteiger partial charge in [0.25, 0.3) is 0 Å². The van der Waals surface area contributed by atoms with Gasteiger partial charge in [-0.2, -0.15) is 0 Å². The van der Waals surface area contributed by atoms with Crippen molar-refractivity contribution < 1.29 is 5.11 Å². The second-order valence-electron chi connectivity index (χ2n) is 4.67. The molecule has 0 aliphatic rings. The Morgan fingerprint density at radius 2 is 1.93 bits per heavy atom. The number of phenols is 1. The maximum Gasteiger partial charge on any atom is 0.139 e. The molecule has 1 aromatic heterocycles. The number of H-pyrrole nitrogens is 1. The van der Waals surface area contributed by atoms with E-state index in [1.54, 1.807) is 6.07 Å². The number of fused-ring (bicyclic) bond motifs is 1. The van der Waals surface area contributed by atoms with Crippen LogP contribution < -0.4 is 0 Å². The lowest BCUT2D eigenvalue weighted by atomic mass is 9.92. The summed E-state index contributed by atoms with van der Waals surface area (Å²) in [5.41, 5.74) is 2.07. The molecule has 0 bridgehead atoms. The summed E-state index contributed by atoms with van der Waals surface area (Å²) in [7, 11) is 0. The topological polar surface area (TPSA) is 36.0 Å². The molecule has 0 atom stereocenters. The lowest BCUT2D eigenvalue weighted by molar-refractivity contribution is 0.480. The SMILES string of the molecule is CC(C)(C)c1cc2cccc(O)c2[nH]1. The Bertz CT molecular complexity index is 463. The van der Waals surface area contributed by atoms with Gasteiger partial charge in [0.2, 0.25) is 0 Å². The zero-order valence-corrected chi connectivity index (χ0v) is 8.76. The van der Waals surface area contributed by atoms with E-state index in [4.69, 9.17) is 0 Å². The lowest BCUT2D eigenvalue weighted by Crippen LogP contribution is -2.10. The third kappa shape index (κ3) is 1.37. The molecule has 2 rings (SSSR count). The molecule has 1 heterocycles. The minimum atomic E-state index is 0.0887. The van der Waals surface area contributed by atoms with Crippen molar-refractivity contribution in [1.29, 1.82) is 0 Å². The highest BCUT2D eigenvalue weighted by molar-refractivity contribution is 5.85. The van der Waals surface area contributed by atoms with Crippen LogP contribution in [0.1, 0.15) is 26.5 Å². The van der Waals surface area contributed by atoms with E-state index in [0.717, 1.165) is 16.6 Å². The Hall–Kier alpha value is -1.44. The fourth-order valence-corrected chi connectivity index (χ4v) is 1.54. The van der Waals surface area contributed by atoms with Gasteiger partial charge in [0.05, 0.1) is 5.52 Å². The molecule has 0 spiro atoms.